The van der Waals surface area contributed by atoms with E-state index in [0.29, 0.717) is 6.04 Å². The molecule has 20 heavy (non-hydrogen) atoms. The van der Waals surface area contributed by atoms with Gasteiger partial charge in [-0.05, 0) is 20.4 Å². The van der Waals surface area contributed by atoms with Gasteiger partial charge in [0.2, 0.25) is 0 Å². The molecule has 0 aromatic carbocycles. The second-order valence-electron chi connectivity index (χ2n) is 5.38. The van der Waals surface area contributed by atoms with Crippen LogP contribution in [0, 0.1) is 6.92 Å². The molecule has 3 N–H and O–H groups in total. The zero-order chi connectivity index (χ0) is 14.9. The maximum absolute atomic E-state index is 8.98. The van der Waals surface area contributed by atoms with Crippen molar-refractivity contribution in [2.24, 2.45) is 17.9 Å². The summed E-state index contributed by atoms with van der Waals surface area (Å²) in [5, 5.41) is 16.5. The van der Waals surface area contributed by atoms with Crippen molar-refractivity contribution < 1.29 is 5.21 Å². The maximum Gasteiger partial charge on any atom is 0.175 e. The van der Waals surface area contributed by atoms with Gasteiger partial charge in [0, 0.05) is 32.7 Å². The van der Waals surface area contributed by atoms with E-state index in [1.165, 1.54) is 0 Å². The lowest BCUT2D eigenvalue weighted by Gasteiger charge is -2.40. The molecule has 1 fully saturated rings. The third-order valence-corrected chi connectivity index (χ3v) is 4.10. The molecule has 0 spiro atoms. The van der Waals surface area contributed by atoms with Crippen LogP contribution in [0.5, 0.6) is 0 Å². The van der Waals surface area contributed by atoms with Gasteiger partial charge in [-0.15, -0.1) is 0 Å². The van der Waals surface area contributed by atoms with Crippen LogP contribution in [0.2, 0.25) is 0 Å². The van der Waals surface area contributed by atoms with Gasteiger partial charge in [0.1, 0.15) is 5.82 Å². The lowest BCUT2D eigenvalue weighted by atomic mass is 10.1. The molecular formula is C13H24N6O. The standard InChI is InChI=1S/C13H24N6O/c1-5-10-8-19(7-6-17(10)3)13-11(12(14)16-20)9(2)15-18(13)4/h10,20H,5-8H2,1-4H3,(H2,14,16). The monoisotopic (exact) mass is 280 g/mol. The van der Waals surface area contributed by atoms with E-state index in [1.807, 2.05) is 18.7 Å². The Morgan fingerprint density at radius 1 is 1.45 bits per heavy atom. The number of aromatic nitrogens is 2. The number of nitrogens with two attached hydrogens (primary N) is 1. The highest BCUT2D eigenvalue weighted by Gasteiger charge is 2.28. The van der Waals surface area contributed by atoms with E-state index in [9.17, 15) is 0 Å². The van der Waals surface area contributed by atoms with Crippen LogP contribution in [0.15, 0.2) is 5.16 Å². The first-order chi connectivity index (χ1) is 9.49. The number of rotatable bonds is 3. The highest BCUT2D eigenvalue weighted by molar-refractivity contribution is 6.02. The first-order valence-corrected chi connectivity index (χ1v) is 6.96. The Morgan fingerprint density at radius 2 is 2.15 bits per heavy atom. The lowest BCUT2D eigenvalue weighted by Crippen LogP contribution is -2.52. The molecule has 0 bridgehead atoms. The molecule has 0 saturated carbocycles. The fraction of sp³-hybridized carbons (Fsp3) is 0.692. The minimum atomic E-state index is 0.123. The maximum atomic E-state index is 8.98. The first kappa shape index (κ1) is 14.6. The molecule has 0 amide bonds. The van der Waals surface area contributed by atoms with Gasteiger partial charge in [-0.2, -0.15) is 5.10 Å². The molecule has 2 heterocycles. The SMILES string of the molecule is CCC1CN(c2c(C(N)=NO)c(C)nn2C)CCN1C. The van der Waals surface area contributed by atoms with Crippen molar-refractivity contribution >= 4 is 11.7 Å². The fourth-order valence-electron chi connectivity index (χ4n) is 2.94. The highest BCUT2D eigenvalue weighted by Crippen LogP contribution is 2.25. The van der Waals surface area contributed by atoms with Gasteiger partial charge in [-0.1, -0.05) is 12.1 Å². The predicted molar refractivity (Wildman–Crippen MR) is 79.4 cm³/mol. The summed E-state index contributed by atoms with van der Waals surface area (Å²) < 4.78 is 1.82. The number of nitrogens with zero attached hydrogens (tertiary/aromatic N) is 5. The second kappa shape index (κ2) is 5.70. The van der Waals surface area contributed by atoms with Crippen molar-refractivity contribution in [3.8, 4) is 0 Å². The molecule has 7 nitrogen and oxygen atoms in total. The molecule has 1 unspecified atom stereocenters. The van der Waals surface area contributed by atoms with Gasteiger partial charge in [-0.25, -0.2) is 0 Å². The van der Waals surface area contributed by atoms with Crippen LogP contribution in [-0.2, 0) is 7.05 Å². The normalized spacial score (nSPS) is 21.5. The fourth-order valence-corrected chi connectivity index (χ4v) is 2.94. The van der Waals surface area contributed by atoms with Gasteiger partial charge >= 0.3 is 0 Å². The molecule has 112 valence electrons. The Balaban J connectivity index is 2.38. The molecule has 1 saturated heterocycles. The van der Waals surface area contributed by atoms with Gasteiger partial charge < -0.3 is 15.8 Å². The van der Waals surface area contributed by atoms with Crippen LogP contribution in [-0.4, -0.2) is 58.4 Å². The summed E-state index contributed by atoms with van der Waals surface area (Å²) in [6.45, 7) is 6.92. The number of aryl methyl sites for hydroxylation is 2. The van der Waals surface area contributed by atoms with E-state index in [2.05, 4.69) is 34.0 Å². The van der Waals surface area contributed by atoms with E-state index >= 15 is 0 Å². The highest BCUT2D eigenvalue weighted by atomic mass is 16.4. The summed E-state index contributed by atoms with van der Waals surface area (Å²) >= 11 is 0. The van der Waals surface area contributed by atoms with Crippen molar-refractivity contribution in [3.63, 3.8) is 0 Å². The summed E-state index contributed by atoms with van der Waals surface area (Å²) in [6, 6.07) is 0.513. The molecule has 0 radical (unpaired) electrons. The van der Waals surface area contributed by atoms with Crippen LogP contribution < -0.4 is 10.6 Å². The average molecular weight is 280 g/mol. The minimum Gasteiger partial charge on any atom is -0.409 e. The predicted octanol–water partition coefficient (Wildman–Crippen LogP) is 0.353. The van der Waals surface area contributed by atoms with Crippen LogP contribution in [0.4, 0.5) is 5.82 Å². The number of likely N-dealkylation sites (N-methyl/N-ethyl adjacent to an activating group) is 1. The molecule has 1 aromatic heterocycles. The summed E-state index contributed by atoms with van der Waals surface area (Å²) in [5.41, 5.74) is 7.33. The van der Waals surface area contributed by atoms with Crippen LogP contribution in [0.1, 0.15) is 24.6 Å². The van der Waals surface area contributed by atoms with Gasteiger partial charge in [-0.3, -0.25) is 9.58 Å². The Morgan fingerprint density at radius 3 is 2.75 bits per heavy atom. The third kappa shape index (κ3) is 2.45. The van der Waals surface area contributed by atoms with E-state index in [0.717, 1.165) is 43.1 Å². The van der Waals surface area contributed by atoms with Crippen molar-refractivity contribution in [3.05, 3.63) is 11.3 Å². The van der Waals surface area contributed by atoms with Gasteiger partial charge in [0.25, 0.3) is 0 Å². The Labute approximate surface area is 119 Å². The topological polar surface area (TPSA) is 82.9 Å². The minimum absolute atomic E-state index is 0.123. The average Bonchev–Trinajstić information content (AvgIpc) is 2.73. The van der Waals surface area contributed by atoms with E-state index in [-0.39, 0.29) is 5.84 Å². The van der Waals surface area contributed by atoms with Crippen LogP contribution in [0.3, 0.4) is 0 Å². The Kier molecular flexibility index (Phi) is 4.17. The van der Waals surface area contributed by atoms with Crippen LogP contribution >= 0.6 is 0 Å². The first-order valence-electron chi connectivity index (χ1n) is 6.96. The number of piperazine rings is 1. The summed E-state index contributed by atoms with van der Waals surface area (Å²) in [4.78, 5) is 4.66. The molecule has 0 aliphatic carbocycles. The molecule has 1 aromatic rings. The van der Waals surface area contributed by atoms with Gasteiger partial charge in [0.05, 0.1) is 11.3 Å². The Hall–Kier alpha value is -1.76. The summed E-state index contributed by atoms with van der Waals surface area (Å²) in [5.74, 6) is 1.06. The third-order valence-electron chi connectivity index (χ3n) is 4.10. The molecule has 1 aliphatic rings. The van der Waals surface area contributed by atoms with Crippen LogP contribution in [0.25, 0.3) is 0 Å². The lowest BCUT2D eigenvalue weighted by molar-refractivity contribution is 0.212. The zero-order valence-electron chi connectivity index (χ0n) is 12.7. The summed E-state index contributed by atoms with van der Waals surface area (Å²) in [6.07, 6.45) is 1.10. The number of amidine groups is 1. The quantitative estimate of drug-likeness (QED) is 0.361. The number of hydrogen-bond acceptors (Lipinski definition) is 5. The van der Waals surface area contributed by atoms with Crippen molar-refractivity contribution in [1.82, 2.24) is 14.7 Å². The smallest absolute Gasteiger partial charge is 0.175 e. The molecule has 2 rings (SSSR count). The molecule has 7 heteroatoms. The van der Waals surface area contributed by atoms with Crippen molar-refractivity contribution in [1.29, 1.82) is 0 Å². The largest absolute Gasteiger partial charge is 0.409 e. The number of anilines is 1. The Bertz CT molecular complexity index is 509. The van der Waals surface area contributed by atoms with Gasteiger partial charge in [0.15, 0.2) is 5.84 Å². The number of hydrogen-bond donors (Lipinski definition) is 2. The molecular weight excluding hydrogens is 256 g/mol. The van der Waals surface area contributed by atoms with E-state index in [1.54, 1.807) is 0 Å². The van der Waals surface area contributed by atoms with E-state index < -0.39 is 0 Å². The second-order valence-corrected chi connectivity index (χ2v) is 5.38. The number of oxime groups is 1. The van der Waals surface area contributed by atoms with E-state index in [4.69, 9.17) is 10.9 Å². The van der Waals surface area contributed by atoms with Crippen molar-refractivity contribution in [2.75, 3.05) is 31.6 Å². The summed E-state index contributed by atoms with van der Waals surface area (Å²) in [7, 11) is 4.06. The van der Waals surface area contributed by atoms with Crippen molar-refractivity contribution in [2.45, 2.75) is 26.3 Å². The molecule has 1 atom stereocenters. The molecule has 1 aliphatic heterocycles. The zero-order valence-corrected chi connectivity index (χ0v) is 12.7.